The van der Waals surface area contributed by atoms with E-state index in [-0.39, 0.29) is 5.56 Å². The summed E-state index contributed by atoms with van der Waals surface area (Å²) in [6.07, 6.45) is 1.35. The summed E-state index contributed by atoms with van der Waals surface area (Å²) in [6.45, 7) is 0. The van der Waals surface area contributed by atoms with E-state index in [0.717, 1.165) is 17.7 Å². The molecular weight excluding hydrogens is 288 g/mol. The molecule has 6 nitrogen and oxygen atoms in total. The van der Waals surface area contributed by atoms with E-state index in [0.29, 0.717) is 0 Å². The molecule has 0 aliphatic rings. The second-order valence-corrected chi connectivity index (χ2v) is 4.43. The van der Waals surface area contributed by atoms with Gasteiger partial charge >= 0.3 is 5.97 Å². The third kappa shape index (κ3) is 3.77. The Morgan fingerprint density at radius 1 is 1.05 bits per heavy atom. The summed E-state index contributed by atoms with van der Waals surface area (Å²) in [5.74, 6) is -3.03. The molecule has 0 fully saturated rings. The van der Waals surface area contributed by atoms with Crippen molar-refractivity contribution in [2.45, 2.75) is 6.29 Å². The molecule has 1 atom stereocenters. The molecule has 114 valence electrons. The van der Waals surface area contributed by atoms with Gasteiger partial charge in [0.05, 0.1) is 5.56 Å². The van der Waals surface area contributed by atoms with Crippen molar-refractivity contribution >= 4 is 12.0 Å². The molecule has 4 N–H and O–H groups in total. The number of rotatable bonds is 4. The van der Waals surface area contributed by atoms with Crippen molar-refractivity contribution in [2.75, 3.05) is 0 Å². The van der Waals surface area contributed by atoms with Gasteiger partial charge in [0.25, 0.3) is 0 Å². The maximum Gasteiger partial charge on any atom is 0.340 e. The van der Waals surface area contributed by atoms with Gasteiger partial charge in [-0.2, -0.15) is 0 Å². The van der Waals surface area contributed by atoms with E-state index in [2.05, 4.69) is 0 Å². The molecule has 22 heavy (non-hydrogen) atoms. The van der Waals surface area contributed by atoms with E-state index in [9.17, 15) is 25.2 Å². The smallest absolute Gasteiger partial charge is 0.340 e. The SMILES string of the molecule is O=C(OC(O)C=Cc1ccccc1)c1cc(O)c(O)c(O)c1. The number of aromatic hydroxyl groups is 3. The van der Waals surface area contributed by atoms with Crippen LogP contribution in [-0.4, -0.2) is 32.7 Å². The van der Waals surface area contributed by atoms with Crippen LogP contribution in [0.4, 0.5) is 0 Å². The van der Waals surface area contributed by atoms with Crippen molar-refractivity contribution in [1.29, 1.82) is 0 Å². The molecule has 6 heteroatoms. The van der Waals surface area contributed by atoms with Crippen LogP contribution in [0.5, 0.6) is 17.2 Å². The highest BCUT2D eigenvalue weighted by molar-refractivity contribution is 5.91. The van der Waals surface area contributed by atoms with Crippen LogP contribution in [0.2, 0.25) is 0 Å². The zero-order chi connectivity index (χ0) is 16.1. The minimum absolute atomic E-state index is 0.208. The third-order valence-corrected chi connectivity index (χ3v) is 2.79. The molecule has 1 unspecified atom stereocenters. The average Bonchev–Trinajstić information content (AvgIpc) is 2.51. The minimum atomic E-state index is -1.49. The lowest BCUT2D eigenvalue weighted by atomic mass is 10.2. The molecule has 0 amide bonds. The van der Waals surface area contributed by atoms with Crippen molar-refractivity contribution in [3.05, 3.63) is 59.7 Å². The molecule has 0 aliphatic carbocycles. The highest BCUT2D eigenvalue weighted by Crippen LogP contribution is 2.35. The highest BCUT2D eigenvalue weighted by Gasteiger charge is 2.16. The quantitative estimate of drug-likeness (QED) is 0.391. The van der Waals surface area contributed by atoms with Crippen molar-refractivity contribution in [3.63, 3.8) is 0 Å². The Bertz CT molecular complexity index is 670. The molecule has 0 heterocycles. The number of aliphatic hydroxyl groups is 1. The molecule has 0 radical (unpaired) electrons. The zero-order valence-electron chi connectivity index (χ0n) is 11.4. The van der Waals surface area contributed by atoms with E-state index < -0.39 is 29.5 Å². The summed E-state index contributed by atoms with van der Waals surface area (Å²) in [6, 6.07) is 10.9. The van der Waals surface area contributed by atoms with Gasteiger partial charge < -0.3 is 25.2 Å². The molecule has 0 saturated heterocycles. The molecule has 2 aromatic rings. The molecular formula is C16H14O6. The molecule has 0 aromatic heterocycles. The van der Waals surface area contributed by atoms with Gasteiger partial charge in [0.1, 0.15) is 0 Å². The summed E-state index contributed by atoms with van der Waals surface area (Å²) in [4.78, 5) is 11.8. The Morgan fingerprint density at radius 2 is 1.64 bits per heavy atom. The van der Waals surface area contributed by atoms with E-state index in [1.807, 2.05) is 18.2 Å². The van der Waals surface area contributed by atoms with Crippen LogP contribution in [0.15, 0.2) is 48.5 Å². The lowest BCUT2D eigenvalue weighted by molar-refractivity contribution is -0.0348. The second-order valence-electron chi connectivity index (χ2n) is 4.43. The Kier molecular flexibility index (Phi) is 4.65. The standard InChI is InChI=1S/C16H14O6/c17-12-8-11(9-13(18)15(12)20)16(21)22-14(19)7-6-10-4-2-1-3-5-10/h1-9,14,17-20H. The summed E-state index contributed by atoms with van der Waals surface area (Å²) < 4.78 is 4.73. The number of hydrogen-bond donors (Lipinski definition) is 4. The summed E-state index contributed by atoms with van der Waals surface area (Å²) in [5.41, 5.74) is 0.609. The van der Waals surface area contributed by atoms with Crippen molar-refractivity contribution in [3.8, 4) is 17.2 Å². The summed E-state index contributed by atoms with van der Waals surface area (Å²) >= 11 is 0. The number of ether oxygens (including phenoxy) is 1. The fourth-order valence-corrected chi connectivity index (χ4v) is 1.70. The lowest BCUT2D eigenvalue weighted by Gasteiger charge is -2.09. The fourth-order valence-electron chi connectivity index (χ4n) is 1.70. The minimum Gasteiger partial charge on any atom is -0.504 e. The Hall–Kier alpha value is -2.99. The number of esters is 1. The van der Waals surface area contributed by atoms with Crippen LogP contribution >= 0.6 is 0 Å². The number of phenols is 3. The number of aliphatic hydroxyl groups excluding tert-OH is 1. The number of carbonyl (C=O) groups is 1. The summed E-state index contributed by atoms with van der Waals surface area (Å²) in [7, 11) is 0. The molecule has 0 bridgehead atoms. The predicted molar refractivity (Wildman–Crippen MR) is 78.3 cm³/mol. The van der Waals surface area contributed by atoms with Crippen LogP contribution < -0.4 is 0 Å². The van der Waals surface area contributed by atoms with E-state index in [1.54, 1.807) is 18.2 Å². The molecule has 0 spiro atoms. The molecule has 2 aromatic carbocycles. The van der Waals surface area contributed by atoms with Crippen molar-refractivity contribution in [2.24, 2.45) is 0 Å². The van der Waals surface area contributed by atoms with Gasteiger partial charge in [-0.25, -0.2) is 4.79 Å². The average molecular weight is 302 g/mol. The molecule has 0 aliphatic heterocycles. The van der Waals surface area contributed by atoms with Crippen LogP contribution in [-0.2, 0) is 4.74 Å². The van der Waals surface area contributed by atoms with E-state index in [4.69, 9.17) is 4.74 Å². The fraction of sp³-hybridized carbons (Fsp3) is 0.0625. The first-order valence-electron chi connectivity index (χ1n) is 6.34. The van der Waals surface area contributed by atoms with Crippen LogP contribution in [0.3, 0.4) is 0 Å². The highest BCUT2D eigenvalue weighted by atomic mass is 16.6. The molecule has 0 saturated carbocycles. The Labute approximate surface area is 126 Å². The maximum atomic E-state index is 11.8. The lowest BCUT2D eigenvalue weighted by Crippen LogP contribution is -2.15. The van der Waals surface area contributed by atoms with Gasteiger partial charge in [-0.1, -0.05) is 36.4 Å². The molecule has 2 rings (SSSR count). The van der Waals surface area contributed by atoms with Gasteiger partial charge in [0, 0.05) is 0 Å². The van der Waals surface area contributed by atoms with Crippen molar-refractivity contribution in [1.82, 2.24) is 0 Å². The van der Waals surface area contributed by atoms with Crippen LogP contribution in [0, 0.1) is 0 Å². The van der Waals surface area contributed by atoms with Gasteiger partial charge in [-0.3, -0.25) is 0 Å². The first-order chi connectivity index (χ1) is 10.5. The normalized spacial score (nSPS) is 12.2. The van der Waals surface area contributed by atoms with E-state index >= 15 is 0 Å². The topological polar surface area (TPSA) is 107 Å². The number of hydrogen-bond acceptors (Lipinski definition) is 6. The Balaban J connectivity index is 2.04. The van der Waals surface area contributed by atoms with Gasteiger partial charge in [0.2, 0.25) is 6.29 Å². The van der Waals surface area contributed by atoms with E-state index in [1.165, 1.54) is 6.08 Å². The monoisotopic (exact) mass is 302 g/mol. The zero-order valence-corrected chi connectivity index (χ0v) is 11.4. The third-order valence-electron chi connectivity index (χ3n) is 2.79. The first kappa shape index (κ1) is 15.4. The van der Waals surface area contributed by atoms with Gasteiger partial charge in [-0.15, -0.1) is 0 Å². The number of carbonyl (C=O) groups excluding carboxylic acids is 1. The Morgan fingerprint density at radius 3 is 2.23 bits per heavy atom. The number of phenolic OH excluding ortho intramolecular Hbond substituents is 3. The first-order valence-corrected chi connectivity index (χ1v) is 6.34. The van der Waals surface area contributed by atoms with Crippen LogP contribution in [0.1, 0.15) is 15.9 Å². The maximum absolute atomic E-state index is 11.8. The van der Waals surface area contributed by atoms with Crippen LogP contribution in [0.25, 0.3) is 6.08 Å². The summed E-state index contributed by atoms with van der Waals surface area (Å²) in [5, 5.41) is 37.5. The van der Waals surface area contributed by atoms with Gasteiger partial charge in [-0.05, 0) is 23.8 Å². The number of benzene rings is 2. The second kappa shape index (κ2) is 6.64. The predicted octanol–water partition coefficient (Wildman–Crippen LogP) is 1.99. The largest absolute Gasteiger partial charge is 0.504 e. The van der Waals surface area contributed by atoms with Gasteiger partial charge in [0.15, 0.2) is 17.2 Å². The van der Waals surface area contributed by atoms with Crippen molar-refractivity contribution < 1.29 is 30.0 Å².